The first kappa shape index (κ1) is 22.9. The molecule has 0 bridgehead atoms. The van der Waals surface area contributed by atoms with Crippen molar-refractivity contribution in [3.63, 3.8) is 0 Å². The van der Waals surface area contributed by atoms with Crippen LogP contribution in [0.2, 0.25) is 0 Å². The number of amides is 2. The molecule has 176 valence electrons. The lowest BCUT2D eigenvalue weighted by atomic mass is 9.58. The molecular formula is C23H36F3N3O2. The number of piperidine rings is 2. The molecule has 0 radical (unpaired) electrons. The number of carbonyl (C=O) groups is 2. The summed E-state index contributed by atoms with van der Waals surface area (Å²) in [7, 11) is 0. The van der Waals surface area contributed by atoms with E-state index in [0.717, 1.165) is 45.1 Å². The largest absolute Gasteiger partial charge is 0.403 e. The van der Waals surface area contributed by atoms with Crippen LogP contribution in [0.5, 0.6) is 0 Å². The van der Waals surface area contributed by atoms with Crippen molar-refractivity contribution in [3.8, 4) is 0 Å². The van der Waals surface area contributed by atoms with E-state index in [-0.39, 0.29) is 36.6 Å². The van der Waals surface area contributed by atoms with Crippen LogP contribution in [0, 0.1) is 35.5 Å². The van der Waals surface area contributed by atoms with E-state index in [0.29, 0.717) is 30.1 Å². The van der Waals surface area contributed by atoms with Gasteiger partial charge in [0.25, 0.3) is 0 Å². The molecule has 5 nitrogen and oxygen atoms in total. The Bertz CT molecular complexity index is 671. The van der Waals surface area contributed by atoms with Gasteiger partial charge in [0, 0.05) is 24.4 Å². The van der Waals surface area contributed by atoms with Crippen molar-refractivity contribution < 1.29 is 22.8 Å². The molecule has 2 saturated carbocycles. The number of hydrogen-bond donors (Lipinski definition) is 3. The average Bonchev–Trinajstić information content (AvgIpc) is 2.73. The molecule has 8 unspecified atom stereocenters. The maximum Gasteiger partial charge on any atom is 0.403 e. The van der Waals surface area contributed by atoms with Crippen LogP contribution < -0.4 is 16.0 Å². The van der Waals surface area contributed by atoms with E-state index >= 15 is 0 Å². The quantitative estimate of drug-likeness (QED) is 0.626. The maximum absolute atomic E-state index is 13.0. The first-order valence-electron chi connectivity index (χ1n) is 12.1. The Hall–Kier alpha value is -1.31. The predicted molar refractivity (Wildman–Crippen MR) is 111 cm³/mol. The zero-order valence-electron chi connectivity index (χ0n) is 18.3. The lowest BCUT2D eigenvalue weighted by molar-refractivity contribution is -0.162. The second kappa shape index (κ2) is 9.28. The number of alkyl halides is 3. The van der Waals surface area contributed by atoms with Crippen molar-refractivity contribution in [1.82, 2.24) is 16.0 Å². The lowest BCUT2D eigenvalue weighted by Crippen LogP contribution is -2.54. The molecule has 2 amide bonds. The molecular weight excluding hydrogens is 407 g/mol. The molecule has 8 atom stereocenters. The molecule has 4 aliphatic rings. The van der Waals surface area contributed by atoms with Crippen LogP contribution in [-0.2, 0) is 9.59 Å². The Morgan fingerprint density at radius 2 is 1.77 bits per heavy atom. The Morgan fingerprint density at radius 1 is 0.968 bits per heavy atom. The zero-order chi connectivity index (χ0) is 22.2. The highest BCUT2D eigenvalue weighted by Gasteiger charge is 2.46. The Labute approximate surface area is 182 Å². The number of fused-ring (bicyclic) bond motifs is 1. The van der Waals surface area contributed by atoms with Gasteiger partial charge >= 0.3 is 6.18 Å². The fraction of sp³-hybridized carbons (Fsp3) is 0.913. The summed E-state index contributed by atoms with van der Waals surface area (Å²) in [6.45, 7) is 3.27. The summed E-state index contributed by atoms with van der Waals surface area (Å²) in [6.07, 6.45) is 3.08. The maximum atomic E-state index is 13.0. The lowest BCUT2D eigenvalue weighted by Gasteiger charge is -2.47. The summed E-state index contributed by atoms with van der Waals surface area (Å²) in [5.41, 5.74) is 0. The van der Waals surface area contributed by atoms with E-state index in [9.17, 15) is 22.8 Å². The molecule has 4 rings (SSSR count). The minimum absolute atomic E-state index is 0.0725. The molecule has 4 fully saturated rings. The third kappa shape index (κ3) is 5.04. The van der Waals surface area contributed by atoms with Gasteiger partial charge in [-0.25, -0.2) is 0 Å². The molecule has 2 saturated heterocycles. The van der Waals surface area contributed by atoms with Crippen molar-refractivity contribution in [1.29, 1.82) is 0 Å². The highest BCUT2D eigenvalue weighted by molar-refractivity contribution is 5.80. The minimum Gasteiger partial charge on any atom is -0.356 e. The Kier molecular flexibility index (Phi) is 6.85. The molecule has 3 N–H and O–H groups in total. The molecule has 0 aromatic rings. The first-order valence-corrected chi connectivity index (χ1v) is 12.1. The van der Waals surface area contributed by atoms with Crippen molar-refractivity contribution in [2.45, 2.75) is 83.0 Å². The third-order valence-corrected chi connectivity index (χ3v) is 8.53. The fourth-order valence-electron chi connectivity index (χ4n) is 6.98. The van der Waals surface area contributed by atoms with Crippen LogP contribution in [0.15, 0.2) is 0 Å². The molecule has 0 aromatic heterocycles. The number of carbonyl (C=O) groups excluding carboxylic acids is 2. The predicted octanol–water partition coefficient (Wildman–Crippen LogP) is 3.39. The summed E-state index contributed by atoms with van der Waals surface area (Å²) < 4.78 is 39.1. The summed E-state index contributed by atoms with van der Waals surface area (Å²) in [5.74, 6) is 2.15. The molecule has 0 aromatic carbocycles. The van der Waals surface area contributed by atoms with Gasteiger partial charge in [-0.1, -0.05) is 13.3 Å². The van der Waals surface area contributed by atoms with Crippen LogP contribution in [0.25, 0.3) is 0 Å². The second-order valence-corrected chi connectivity index (χ2v) is 10.4. The summed E-state index contributed by atoms with van der Waals surface area (Å²) in [4.78, 5) is 25.2. The highest BCUT2D eigenvalue weighted by atomic mass is 19.4. The molecule has 2 heterocycles. The van der Waals surface area contributed by atoms with Gasteiger partial charge in [-0.15, -0.1) is 0 Å². The average molecular weight is 444 g/mol. The van der Waals surface area contributed by atoms with Crippen molar-refractivity contribution >= 4 is 11.8 Å². The van der Waals surface area contributed by atoms with E-state index in [1.807, 2.05) is 0 Å². The van der Waals surface area contributed by atoms with Gasteiger partial charge < -0.3 is 16.0 Å². The Morgan fingerprint density at radius 3 is 2.52 bits per heavy atom. The summed E-state index contributed by atoms with van der Waals surface area (Å²) in [5, 5.41) is 8.46. The second-order valence-electron chi connectivity index (χ2n) is 10.4. The van der Waals surface area contributed by atoms with Crippen LogP contribution in [0.1, 0.15) is 64.7 Å². The van der Waals surface area contributed by atoms with E-state index in [1.165, 1.54) is 6.42 Å². The van der Waals surface area contributed by atoms with Crippen LogP contribution in [-0.4, -0.2) is 43.2 Å². The van der Waals surface area contributed by atoms with E-state index in [4.69, 9.17) is 0 Å². The third-order valence-electron chi connectivity index (χ3n) is 8.53. The smallest absolute Gasteiger partial charge is 0.356 e. The van der Waals surface area contributed by atoms with Gasteiger partial charge in [0.1, 0.15) is 6.04 Å². The fourth-order valence-corrected chi connectivity index (χ4v) is 6.98. The first-order chi connectivity index (χ1) is 14.7. The zero-order valence-corrected chi connectivity index (χ0v) is 18.3. The van der Waals surface area contributed by atoms with Crippen molar-refractivity contribution in [2.75, 3.05) is 13.1 Å². The van der Waals surface area contributed by atoms with Crippen molar-refractivity contribution in [3.05, 3.63) is 0 Å². The van der Waals surface area contributed by atoms with E-state index in [2.05, 4.69) is 22.9 Å². The van der Waals surface area contributed by atoms with Gasteiger partial charge in [0.15, 0.2) is 0 Å². The summed E-state index contributed by atoms with van der Waals surface area (Å²) in [6, 6.07) is -1.94. The normalized spacial score (nSPS) is 41.7. The van der Waals surface area contributed by atoms with Crippen LogP contribution in [0.3, 0.4) is 0 Å². The monoisotopic (exact) mass is 443 g/mol. The Balaban J connectivity index is 1.31. The molecule has 0 spiro atoms. The van der Waals surface area contributed by atoms with Gasteiger partial charge in [-0.2, -0.15) is 13.2 Å². The van der Waals surface area contributed by atoms with Crippen LogP contribution in [0.4, 0.5) is 13.2 Å². The number of halogens is 3. The molecule has 31 heavy (non-hydrogen) atoms. The number of rotatable bonds is 3. The van der Waals surface area contributed by atoms with Gasteiger partial charge in [-0.05, 0) is 81.6 Å². The van der Waals surface area contributed by atoms with Crippen molar-refractivity contribution in [2.24, 2.45) is 35.5 Å². The standard InChI is InChI=1S/C23H36F3N3O2/c1-13-11-14(21(30)29-15-7-9-27-20(12-15)23(24,25)26)5-6-16(13)17-3-2-4-19-18(17)8-10-28-22(19)31/h13-20,27H,2-12H2,1H3,(H,28,31)(H,29,30). The van der Waals surface area contributed by atoms with Gasteiger partial charge in [0.05, 0.1) is 0 Å². The van der Waals surface area contributed by atoms with Gasteiger partial charge in [-0.3, -0.25) is 9.59 Å². The summed E-state index contributed by atoms with van der Waals surface area (Å²) >= 11 is 0. The molecule has 2 aliphatic carbocycles. The number of nitrogens with one attached hydrogen (secondary N) is 3. The minimum atomic E-state index is -4.27. The topological polar surface area (TPSA) is 70.2 Å². The van der Waals surface area contributed by atoms with Crippen LogP contribution >= 0.6 is 0 Å². The SMILES string of the molecule is CC1CC(C(=O)NC2CCNC(C(F)(F)F)C2)CCC1C1CCCC2C(=O)NCCC21. The highest BCUT2D eigenvalue weighted by Crippen LogP contribution is 2.49. The van der Waals surface area contributed by atoms with Gasteiger partial charge in [0.2, 0.25) is 11.8 Å². The van der Waals surface area contributed by atoms with E-state index < -0.39 is 18.3 Å². The van der Waals surface area contributed by atoms with E-state index in [1.54, 1.807) is 0 Å². The molecule has 8 heteroatoms. The number of hydrogen-bond acceptors (Lipinski definition) is 3. The molecule has 2 aliphatic heterocycles.